The molecule has 0 radical (unpaired) electrons. The second-order valence-corrected chi connectivity index (χ2v) is 5.50. The lowest BCUT2D eigenvalue weighted by atomic mass is 10.1. The van der Waals surface area contributed by atoms with Crippen molar-refractivity contribution in [3.05, 3.63) is 54.6 Å². The number of benzene rings is 2. The first kappa shape index (κ1) is 15.1. The maximum absolute atomic E-state index is 12.2. The molecule has 5 heteroatoms. The Labute approximate surface area is 135 Å². The number of nitrogens with one attached hydrogen (secondary N) is 1. The Morgan fingerprint density at radius 2 is 1.48 bits per heavy atom. The molecule has 1 heterocycles. The number of carbonyl (C=O) groups excluding carboxylic acids is 2. The first-order chi connectivity index (χ1) is 11.3. The molecule has 5 nitrogen and oxygen atoms in total. The van der Waals surface area contributed by atoms with Crippen LogP contribution < -0.4 is 5.32 Å². The highest BCUT2D eigenvalue weighted by molar-refractivity contribution is 5.89. The lowest BCUT2D eigenvalue weighted by molar-refractivity contribution is -0.119. The molecule has 1 saturated heterocycles. The second kappa shape index (κ2) is 6.96. The van der Waals surface area contributed by atoms with Crippen molar-refractivity contribution >= 4 is 18.1 Å². The van der Waals surface area contributed by atoms with E-state index in [1.54, 1.807) is 9.80 Å². The number of amides is 3. The van der Waals surface area contributed by atoms with Crippen LogP contribution in [0.2, 0.25) is 0 Å². The van der Waals surface area contributed by atoms with Crippen LogP contribution in [0.5, 0.6) is 0 Å². The zero-order valence-electron chi connectivity index (χ0n) is 12.8. The van der Waals surface area contributed by atoms with E-state index in [0.717, 1.165) is 23.2 Å². The van der Waals surface area contributed by atoms with Crippen molar-refractivity contribution in [3.8, 4) is 11.1 Å². The summed E-state index contributed by atoms with van der Waals surface area (Å²) < 4.78 is 0. The van der Waals surface area contributed by atoms with Crippen molar-refractivity contribution in [1.82, 2.24) is 9.80 Å². The van der Waals surface area contributed by atoms with Crippen LogP contribution in [0.15, 0.2) is 54.6 Å². The smallest absolute Gasteiger partial charge is 0.321 e. The van der Waals surface area contributed by atoms with Crippen molar-refractivity contribution in [2.75, 3.05) is 31.5 Å². The van der Waals surface area contributed by atoms with E-state index in [0.29, 0.717) is 26.2 Å². The minimum absolute atomic E-state index is 0.122. The Kier molecular flexibility index (Phi) is 4.57. The van der Waals surface area contributed by atoms with Gasteiger partial charge < -0.3 is 15.1 Å². The molecule has 0 unspecified atom stereocenters. The van der Waals surface area contributed by atoms with Crippen LogP contribution in [0.3, 0.4) is 0 Å². The summed E-state index contributed by atoms with van der Waals surface area (Å²) in [6, 6.07) is 17.8. The molecule has 1 N–H and O–H groups in total. The number of hydrogen-bond acceptors (Lipinski definition) is 2. The molecule has 1 fully saturated rings. The van der Waals surface area contributed by atoms with E-state index in [9.17, 15) is 9.59 Å². The van der Waals surface area contributed by atoms with E-state index in [2.05, 4.69) is 17.4 Å². The zero-order valence-corrected chi connectivity index (χ0v) is 12.8. The van der Waals surface area contributed by atoms with Gasteiger partial charge in [0.1, 0.15) is 0 Å². The van der Waals surface area contributed by atoms with Crippen molar-refractivity contribution in [2.24, 2.45) is 0 Å². The predicted octanol–water partition coefficient (Wildman–Crippen LogP) is 2.66. The molecule has 0 bridgehead atoms. The standard InChI is InChI=1S/C18H19N3O2/c22-14-20-10-12-21(13-11-20)18(23)19-17-8-6-16(7-9-17)15-4-2-1-3-5-15/h1-9,14H,10-13H2,(H,19,23). The van der Waals surface area contributed by atoms with Gasteiger partial charge in [0.15, 0.2) is 0 Å². The number of piperazine rings is 1. The number of carbonyl (C=O) groups is 2. The van der Waals surface area contributed by atoms with Crippen molar-refractivity contribution in [3.63, 3.8) is 0 Å². The summed E-state index contributed by atoms with van der Waals surface area (Å²) in [4.78, 5) is 26.3. The number of urea groups is 1. The fraction of sp³-hybridized carbons (Fsp3) is 0.222. The van der Waals surface area contributed by atoms with Crippen LogP contribution in [0.1, 0.15) is 0 Å². The fourth-order valence-electron chi connectivity index (χ4n) is 2.61. The van der Waals surface area contributed by atoms with Gasteiger partial charge in [-0.05, 0) is 23.3 Å². The molecule has 0 aliphatic carbocycles. The van der Waals surface area contributed by atoms with Crippen LogP contribution in [-0.2, 0) is 4.79 Å². The summed E-state index contributed by atoms with van der Waals surface area (Å²) in [5.74, 6) is 0. The second-order valence-electron chi connectivity index (χ2n) is 5.50. The molecule has 0 aromatic heterocycles. The van der Waals surface area contributed by atoms with E-state index in [-0.39, 0.29) is 6.03 Å². The fourth-order valence-corrected chi connectivity index (χ4v) is 2.61. The largest absolute Gasteiger partial charge is 0.342 e. The van der Waals surface area contributed by atoms with Crippen molar-refractivity contribution in [2.45, 2.75) is 0 Å². The molecule has 2 aromatic carbocycles. The van der Waals surface area contributed by atoms with Crippen LogP contribution >= 0.6 is 0 Å². The minimum atomic E-state index is -0.122. The van der Waals surface area contributed by atoms with E-state index >= 15 is 0 Å². The Balaban J connectivity index is 1.60. The maximum Gasteiger partial charge on any atom is 0.321 e. The minimum Gasteiger partial charge on any atom is -0.342 e. The normalized spacial score (nSPS) is 14.4. The highest BCUT2D eigenvalue weighted by atomic mass is 16.2. The van der Waals surface area contributed by atoms with Crippen LogP contribution in [0.25, 0.3) is 11.1 Å². The Hall–Kier alpha value is -2.82. The van der Waals surface area contributed by atoms with Gasteiger partial charge in [0.25, 0.3) is 0 Å². The molecule has 118 valence electrons. The van der Waals surface area contributed by atoms with Crippen LogP contribution in [-0.4, -0.2) is 48.4 Å². The van der Waals surface area contributed by atoms with Gasteiger partial charge in [-0.25, -0.2) is 4.79 Å². The quantitative estimate of drug-likeness (QED) is 0.886. The molecule has 0 spiro atoms. The zero-order chi connectivity index (χ0) is 16.1. The average molecular weight is 309 g/mol. The van der Waals surface area contributed by atoms with Gasteiger partial charge in [-0.1, -0.05) is 42.5 Å². The number of anilines is 1. The molecule has 0 atom stereocenters. The predicted molar refractivity (Wildman–Crippen MR) is 90.1 cm³/mol. The monoisotopic (exact) mass is 309 g/mol. The molecule has 1 aliphatic heterocycles. The number of nitrogens with zero attached hydrogens (tertiary/aromatic N) is 2. The highest BCUT2D eigenvalue weighted by Crippen LogP contribution is 2.21. The van der Waals surface area contributed by atoms with E-state index in [1.807, 2.05) is 42.5 Å². The molecule has 3 amide bonds. The van der Waals surface area contributed by atoms with Gasteiger partial charge in [0.05, 0.1) is 0 Å². The SMILES string of the molecule is O=CN1CCN(C(=O)Nc2ccc(-c3ccccc3)cc2)CC1. The van der Waals surface area contributed by atoms with Crippen molar-refractivity contribution in [1.29, 1.82) is 0 Å². The maximum atomic E-state index is 12.2. The van der Waals surface area contributed by atoms with Gasteiger partial charge in [0.2, 0.25) is 6.41 Å². The van der Waals surface area contributed by atoms with Gasteiger partial charge in [-0.2, -0.15) is 0 Å². The third-order valence-corrected chi connectivity index (χ3v) is 3.99. The summed E-state index contributed by atoms with van der Waals surface area (Å²) >= 11 is 0. The first-order valence-electron chi connectivity index (χ1n) is 7.67. The summed E-state index contributed by atoms with van der Waals surface area (Å²) in [6.07, 6.45) is 0.831. The molecule has 2 aromatic rings. The Bertz CT molecular complexity index is 662. The van der Waals surface area contributed by atoms with Crippen LogP contribution in [0.4, 0.5) is 10.5 Å². The van der Waals surface area contributed by atoms with Gasteiger partial charge in [0, 0.05) is 31.9 Å². The third kappa shape index (κ3) is 3.69. The van der Waals surface area contributed by atoms with Gasteiger partial charge >= 0.3 is 6.03 Å². The van der Waals surface area contributed by atoms with Crippen LogP contribution in [0, 0.1) is 0 Å². The van der Waals surface area contributed by atoms with E-state index in [1.165, 1.54) is 0 Å². The Morgan fingerprint density at radius 3 is 2.09 bits per heavy atom. The van der Waals surface area contributed by atoms with Gasteiger partial charge in [-0.3, -0.25) is 4.79 Å². The van der Waals surface area contributed by atoms with E-state index < -0.39 is 0 Å². The molecular formula is C18H19N3O2. The Morgan fingerprint density at radius 1 is 0.870 bits per heavy atom. The van der Waals surface area contributed by atoms with Crippen molar-refractivity contribution < 1.29 is 9.59 Å². The number of rotatable bonds is 3. The average Bonchev–Trinajstić information content (AvgIpc) is 2.63. The molecular weight excluding hydrogens is 290 g/mol. The summed E-state index contributed by atoms with van der Waals surface area (Å²) in [6.45, 7) is 2.30. The summed E-state index contributed by atoms with van der Waals surface area (Å²) in [5, 5.41) is 2.90. The first-order valence-corrected chi connectivity index (χ1v) is 7.67. The molecule has 1 aliphatic rings. The third-order valence-electron chi connectivity index (χ3n) is 3.99. The van der Waals surface area contributed by atoms with E-state index in [4.69, 9.17) is 0 Å². The lowest BCUT2D eigenvalue weighted by Gasteiger charge is -2.32. The topological polar surface area (TPSA) is 52.7 Å². The summed E-state index contributed by atoms with van der Waals surface area (Å²) in [5.41, 5.74) is 3.03. The molecule has 23 heavy (non-hydrogen) atoms. The highest BCUT2D eigenvalue weighted by Gasteiger charge is 2.19. The molecule has 0 saturated carbocycles. The van der Waals surface area contributed by atoms with Gasteiger partial charge in [-0.15, -0.1) is 0 Å². The summed E-state index contributed by atoms with van der Waals surface area (Å²) in [7, 11) is 0. The lowest BCUT2D eigenvalue weighted by Crippen LogP contribution is -2.49. The molecule has 3 rings (SSSR count). The number of hydrogen-bond donors (Lipinski definition) is 1.